The minimum atomic E-state index is 0.0736. The lowest BCUT2D eigenvalue weighted by Crippen LogP contribution is -2.31. The summed E-state index contributed by atoms with van der Waals surface area (Å²) in [7, 11) is 0. The number of amides is 1. The Morgan fingerprint density at radius 2 is 1.88 bits per heavy atom. The molecule has 1 N–H and O–H groups in total. The molecule has 2 aromatic rings. The molecule has 1 amide bonds. The zero-order chi connectivity index (χ0) is 16.5. The number of nitrogens with zero attached hydrogens (tertiary/aromatic N) is 3. The molecular formula is C19H24N4O. The monoisotopic (exact) mass is 324 g/mol. The van der Waals surface area contributed by atoms with Gasteiger partial charge in [0, 0.05) is 42.8 Å². The van der Waals surface area contributed by atoms with Gasteiger partial charge in [0.25, 0.3) is 5.91 Å². The van der Waals surface area contributed by atoms with Gasteiger partial charge in [0.2, 0.25) is 0 Å². The molecule has 3 heterocycles. The van der Waals surface area contributed by atoms with Gasteiger partial charge in [-0.3, -0.25) is 4.79 Å². The van der Waals surface area contributed by atoms with Crippen LogP contribution in [0.3, 0.4) is 0 Å². The number of rotatable bonds is 3. The maximum atomic E-state index is 12.9. The molecule has 0 radical (unpaired) electrons. The molecule has 0 saturated carbocycles. The highest BCUT2D eigenvalue weighted by Gasteiger charge is 2.32. The van der Waals surface area contributed by atoms with E-state index in [2.05, 4.69) is 27.0 Å². The third-order valence-electron chi connectivity index (χ3n) is 5.14. The number of H-pyrrole nitrogens is 1. The van der Waals surface area contributed by atoms with Crippen molar-refractivity contribution in [3.63, 3.8) is 0 Å². The van der Waals surface area contributed by atoms with E-state index in [1.807, 2.05) is 30.2 Å². The summed E-state index contributed by atoms with van der Waals surface area (Å²) in [4.78, 5) is 25.0. The van der Waals surface area contributed by atoms with Gasteiger partial charge >= 0.3 is 0 Å². The number of carbonyl (C=O) groups is 1. The molecule has 5 heteroatoms. The Kier molecular flexibility index (Phi) is 4.00. The molecule has 1 aromatic carbocycles. The highest BCUT2D eigenvalue weighted by molar-refractivity contribution is 5.95. The van der Waals surface area contributed by atoms with Crippen LogP contribution in [0.4, 0.5) is 5.69 Å². The highest BCUT2D eigenvalue weighted by Crippen LogP contribution is 2.32. The molecule has 1 atom stereocenters. The van der Waals surface area contributed by atoms with Crippen LogP contribution in [0, 0.1) is 6.92 Å². The van der Waals surface area contributed by atoms with E-state index >= 15 is 0 Å². The molecule has 0 aliphatic carbocycles. The number of hydrogen-bond donors (Lipinski definition) is 1. The van der Waals surface area contributed by atoms with Crippen LogP contribution in [0.2, 0.25) is 0 Å². The van der Waals surface area contributed by atoms with Crippen molar-refractivity contribution in [2.75, 3.05) is 24.5 Å². The number of nitrogens with one attached hydrogen (secondary N) is 1. The minimum absolute atomic E-state index is 0.0736. The number of aryl methyl sites for hydroxylation is 1. The third-order valence-corrected chi connectivity index (χ3v) is 5.14. The summed E-state index contributed by atoms with van der Waals surface area (Å²) in [5.41, 5.74) is 3.04. The minimum Gasteiger partial charge on any atom is -0.372 e. The van der Waals surface area contributed by atoms with Gasteiger partial charge in [-0.25, -0.2) is 4.98 Å². The Labute approximate surface area is 142 Å². The van der Waals surface area contributed by atoms with E-state index in [-0.39, 0.29) is 11.9 Å². The standard InChI is InChI=1S/C19H24N4O/c1-14-13-20-18(21-14)17-5-4-12-23(17)19(24)15-6-8-16(9-7-15)22-10-2-3-11-22/h6-9,13,17H,2-5,10-12H2,1H3,(H,20,21). The van der Waals surface area contributed by atoms with E-state index in [9.17, 15) is 4.79 Å². The summed E-state index contributed by atoms with van der Waals surface area (Å²) in [5.74, 6) is 1.02. The van der Waals surface area contributed by atoms with Crippen molar-refractivity contribution < 1.29 is 4.79 Å². The number of likely N-dealkylation sites (tertiary alicyclic amines) is 1. The zero-order valence-corrected chi connectivity index (χ0v) is 14.2. The van der Waals surface area contributed by atoms with Gasteiger partial charge in [0.1, 0.15) is 5.82 Å². The van der Waals surface area contributed by atoms with Crippen LogP contribution in [-0.4, -0.2) is 40.4 Å². The van der Waals surface area contributed by atoms with Gasteiger partial charge in [-0.2, -0.15) is 0 Å². The summed E-state index contributed by atoms with van der Waals surface area (Å²) in [6.07, 6.45) is 6.37. The van der Waals surface area contributed by atoms with Crippen LogP contribution in [0.5, 0.6) is 0 Å². The van der Waals surface area contributed by atoms with E-state index in [0.717, 1.165) is 49.6 Å². The van der Waals surface area contributed by atoms with Crippen LogP contribution in [-0.2, 0) is 0 Å². The normalized spacial score (nSPS) is 20.8. The first-order chi connectivity index (χ1) is 11.7. The Balaban J connectivity index is 1.52. The van der Waals surface area contributed by atoms with Crippen LogP contribution in [0.25, 0.3) is 0 Å². The first-order valence-electron chi connectivity index (χ1n) is 8.90. The number of benzene rings is 1. The molecule has 2 aliphatic heterocycles. The molecule has 0 bridgehead atoms. The van der Waals surface area contributed by atoms with E-state index < -0.39 is 0 Å². The van der Waals surface area contributed by atoms with Gasteiger partial charge in [0.05, 0.1) is 6.04 Å². The number of hydrogen-bond acceptors (Lipinski definition) is 3. The first kappa shape index (κ1) is 15.2. The molecule has 1 aromatic heterocycles. The van der Waals surface area contributed by atoms with E-state index in [0.29, 0.717) is 0 Å². The molecule has 2 aliphatic rings. The average molecular weight is 324 g/mol. The van der Waals surface area contributed by atoms with Crippen LogP contribution in [0.1, 0.15) is 53.6 Å². The first-order valence-corrected chi connectivity index (χ1v) is 8.90. The lowest BCUT2D eigenvalue weighted by Gasteiger charge is -2.24. The molecule has 5 nitrogen and oxygen atoms in total. The number of carbonyl (C=O) groups excluding carboxylic acids is 1. The van der Waals surface area contributed by atoms with Crippen molar-refractivity contribution in [3.8, 4) is 0 Å². The molecule has 24 heavy (non-hydrogen) atoms. The quantitative estimate of drug-likeness (QED) is 0.942. The Morgan fingerprint density at radius 3 is 2.54 bits per heavy atom. The largest absolute Gasteiger partial charge is 0.372 e. The molecule has 0 spiro atoms. The van der Waals surface area contributed by atoms with Gasteiger partial charge in [-0.15, -0.1) is 0 Å². The summed E-state index contributed by atoms with van der Waals surface area (Å²) >= 11 is 0. The van der Waals surface area contributed by atoms with E-state index in [1.54, 1.807) is 0 Å². The number of anilines is 1. The van der Waals surface area contributed by atoms with Crippen LogP contribution < -0.4 is 4.90 Å². The second-order valence-electron chi connectivity index (χ2n) is 6.85. The van der Waals surface area contributed by atoms with Crippen molar-refractivity contribution in [3.05, 3.63) is 47.5 Å². The Morgan fingerprint density at radius 1 is 1.12 bits per heavy atom. The van der Waals surface area contributed by atoms with Crippen molar-refractivity contribution in [1.29, 1.82) is 0 Å². The molecule has 126 valence electrons. The Hall–Kier alpha value is -2.30. The van der Waals surface area contributed by atoms with Crippen LogP contribution >= 0.6 is 0 Å². The number of aromatic amines is 1. The van der Waals surface area contributed by atoms with Gasteiger partial charge in [-0.05, 0) is 56.9 Å². The van der Waals surface area contributed by atoms with E-state index in [1.165, 1.54) is 18.5 Å². The van der Waals surface area contributed by atoms with Gasteiger partial charge < -0.3 is 14.8 Å². The predicted molar refractivity (Wildman–Crippen MR) is 94.2 cm³/mol. The molecular weight excluding hydrogens is 300 g/mol. The zero-order valence-electron chi connectivity index (χ0n) is 14.2. The highest BCUT2D eigenvalue weighted by atomic mass is 16.2. The van der Waals surface area contributed by atoms with Gasteiger partial charge in [0.15, 0.2) is 0 Å². The smallest absolute Gasteiger partial charge is 0.254 e. The SMILES string of the molecule is Cc1cnc(C2CCCN2C(=O)c2ccc(N3CCCC3)cc2)[nH]1. The van der Waals surface area contributed by atoms with E-state index in [4.69, 9.17) is 0 Å². The maximum absolute atomic E-state index is 12.9. The lowest BCUT2D eigenvalue weighted by molar-refractivity contribution is 0.0730. The predicted octanol–water partition coefficient (Wildman–Crippen LogP) is 3.30. The second kappa shape index (κ2) is 6.30. The van der Waals surface area contributed by atoms with Crippen molar-refractivity contribution >= 4 is 11.6 Å². The average Bonchev–Trinajstić information content (AvgIpc) is 3.35. The lowest BCUT2D eigenvalue weighted by atomic mass is 10.1. The molecule has 1 unspecified atom stereocenters. The third kappa shape index (κ3) is 2.79. The van der Waals surface area contributed by atoms with Crippen molar-refractivity contribution in [1.82, 2.24) is 14.9 Å². The summed E-state index contributed by atoms with van der Waals surface area (Å²) in [6.45, 7) is 5.05. The summed E-state index contributed by atoms with van der Waals surface area (Å²) < 4.78 is 0. The second-order valence-corrected chi connectivity index (χ2v) is 6.85. The summed E-state index contributed by atoms with van der Waals surface area (Å²) in [6, 6.07) is 8.18. The summed E-state index contributed by atoms with van der Waals surface area (Å²) in [5, 5.41) is 0. The van der Waals surface area contributed by atoms with Crippen molar-refractivity contribution in [2.45, 2.75) is 38.6 Å². The van der Waals surface area contributed by atoms with Crippen LogP contribution in [0.15, 0.2) is 30.5 Å². The van der Waals surface area contributed by atoms with Gasteiger partial charge in [-0.1, -0.05) is 0 Å². The fourth-order valence-corrected chi connectivity index (χ4v) is 3.85. The topological polar surface area (TPSA) is 52.2 Å². The Bertz CT molecular complexity index is 715. The molecule has 4 rings (SSSR count). The maximum Gasteiger partial charge on any atom is 0.254 e. The molecule has 2 fully saturated rings. The number of imidazole rings is 1. The fraction of sp³-hybridized carbons (Fsp3) is 0.474. The fourth-order valence-electron chi connectivity index (χ4n) is 3.85. The van der Waals surface area contributed by atoms with Crippen molar-refractivity contribution in [2.24, 2.45) is 0 Å². The molecule has 2 saturated heterocycles. The number of aromatic nitrogens is 2.